The molecule has 21 heavy (non-hydrogen) atoms. The van der Waals surface area contributed by atoms with Gasteiger partial charge < -0.3 is 14.8 Å². The number of rotatable bonds is 5. The maximum Gasteiger partial charge on any atom is 0.122 e. The lowest BCUT2D eigenvalue weighted by Gasteiger charge is -2.30. The van der Waals surface area contributed by atoms with E-state index in [1.807, 2.05) is 6.07 Å². The second-order valence-corrected chi connectivity index (χ2v) is 6.38. The Bertz CT molecular complexity index is 484. The molecule has 0 bridgehead atoms. The van der Waals surface area contributed by atoms with E-state index < -0.39 is 5.67 Å². The van der Waals surface area contributed by atoms with Crippen molar-refractivity contribution < 1.29 is 13.9 Å². The summed E-state index contributed by atoms with van der Waals surface area (Å²) in [5, 5.41) is 3.33. The summed E-state index contributed by atoms with van der Waals surface area (Å²) in [5.41, 5.74) is 1.31. The van der Waals surface area contributed by atoms with Crippen LogP contribution in [0.15, 0.2) is 18.2 Å². The highest BCUT2D eigenvalue weighted by Crippen LogP contribution is 2.29. The summed E-state index contributed by atoms with van der Waals surface area (Å²) in [6, 6.07) is 6.38. The predicted octanol–water partition coefficient (Wildman–Crippen LogP) is 2.66. The number of morpholine rings is 1. The number of nitrogens with one attached hydrogen (secondary N) is 1. The molecule has 1 aromatic carbocycles. The number of ether oxygens (including phenoxy) is 2. The van der Waals surface area contributed by atoms with Crippen molar-refractivity contribution in [2.24, 2.45) is 0 Å². The van der Waals surface area contributed by atoms with Gasteiger partial charge >= 0.3 is 0 Å². The van der Waals surface area contributed by atoms with Crippen molar-refractivity contribution >= 4 is 0 Å². The van der Waals surface area contributed by atoms with Gasteiger partial charge in [0.15, 0.2) is 0 Å². The first-order valence-electron chi connectivity index (χ1n) is 7.87. The maximum absolute atomic E-state index is 14.7. The molecular formula is C17H24FNO2. The smallest absolute Gasteiger partial charge is 0.122 e. The van der Waals surface area contributed by atoms with E-state index in [1.165, 1.54) is 11.1 Å². The minimum absolute atomic E-state index is 0.141. The highest BCUT2D eigenvalue weighted by Gasteiger charge is 2.28. The Kier molecular flexibility index (Phi) is 4.45. The van der Waals surface area contributed by atoms with Crippen LogP contribution in [-0.4, -0.2) is 38.1 Å². The molecule has 2 heterocycles. The van der Waals surface area contributed by atoms with Crippen molar-refractivity contribution in [1.29, 1.82) is 0 Å². The number of hydrogen-bond donors (Lipinski definition) is 1. The van der Waals surface area contributed by atoms with Crippen molar-refractivity contribution in [3.05, 3.63) is 29.3 Å². The molecule has 2 aliphatic rings. The number of benzene rings is 1. The Morgan fingerprint density at radius 2 is 2.29 bits per heavy atom. The molecule has 1 N–H and O–H groups in total. The van der Waals surface area contributed by atoms with Gasteiger partial charge in [0.2, 0.25) is 0 Å². The molecule has 0 aromatic heterocycles. The van der Waals surface area contributed by atoms with Crippen LogP contribution in [0.25, 0.3) is 0 Å². The lowest BCUT2D eigenvalue weighted by Crippen LogP contribution is -2.44. The molecule has 3 rings (SSSR count). The predicted molar refractivity (Wildman–Crippen MR) is 80.7 cm³/mol. The first-order chi connectivity index (χ1) is 10.1. The van der Waals surface area contributed by atoms with Crippen LogP contribution in [-0.2, 0) is 17.6 Å². The van der Waals surface area contributed by atoms with E-state index in [1.54, 1.807) is 6.92 Å². The Hall–Kier alpha value is -1.13. The number of hydrogen-bond acceptors (Lipinski definition) is 3. The maximum atomic E-state index is 14.7. The minimum Gasteiger partial charge on any atom is -0.493 e. The lowest BCUT2D eigenvalue weighted by atomic mass is 9.91. The number of fused-ring (bicyclic) bond motifs is 1. The molecule has 1 aromatic rings. The van der Waals surface area contributed by atoms with Gasteiger partial charge in [0.05, 0.1) is 19.8 Å². The Morgan fingerprint density at radius 3 is 3.10 bits per heavy atom. The van der Waals surface area contributed by atoms with Crippen LogP contribution in [0, 0.1) is 0 Å². The molecule has 2 aliphatic heterocycles. The van der Waals surface area contributed by atoms with Gasteiger partial charge in [-0.2, -0.15) is 0 Å². The van der Waals surface area contributed by atoms with Crippen LogP contribution in [0.3, 0.4) is 0 Å². The third-order valence-corrected chi connectivity index (χ3v) is 4.36. The van der Waals surface area contributed by atoms with Crippen LogP contribution in [0.1, 0.15) is 30.9 Å². The Labute approximate surface area is 125 Å². The van der Waals surface area contributed by atoms with Crippen LogP contribution >= 0.6 is 0 Å². The van der Waals surface area contributed by atoms with E-state index in [9.17, 15) is 4.39 Å². The zero-order valence-corrected chi connectivity index (χ0v) is 12.7. The SMILES string of the molecule is CC(F)(CCc1ccc2c(c1)CCO2)CC1COCCN1. The lowest BCUT2D eigenvalue weighted by molar-refractivity contribution is 0.0460. The van der Waals surface area contributed by atoms with Gasteiger partial charge in [-0.3, -0.25) is 0 Å². The second-order valence-electron chi connectivity index (χ2n) is 6.38. The molecule has 0 aliphatic carbocycles. The molecule has 2 atom stereocenters. The van der Waals surface area contributed by atoms with Gasteiger partial charge in [-0.15, -0.1) is 0 Å². The molecule has 0 amide bonds. The van der Waals surface area contributed by atoms with Crippen LogP contribution < -0.4 is 10.1 Å². The summed E-state index contributed by atoms with van der Waals surface area (Å²) in [4.78, 5) is 0. The van der Waals surface area contributed by atoms with E-state index in [0.717, 1.165) is 38.3 Å². The third-order valence-electron chi connectivity index (χ3n) is 4.36. The highest BCUT2D eigenvalue weighted by atomic mass is 19.1. The summed E-state index contributed by atoms with van der Waals surface area (Å²) < 4.78 is 25.6. The summed E-state index contributed by atoms with van der Waals surface area (Å²) in [6.07, 6.45) is 2.80. The second kappa shape index (κ2) is 6.32. The fraction of sp³-hybridized carbons (Fsp3) is 0.647. The molecule has 2 unspecified atom stereocenters. The van der Waals surface area contributed by atoms with Crippen LogP contribution in [0.5, 0.6) is 5.75 Å². The van der Waals surface area contributed by atoms with Crippen molar-refractivity contribution in [2.75, 3.05) is 26.4 Å². The quantitative estimate of drug-likeness (QED) is 0.905. The zero-order valence-electron chi connectivity index (χ0n) is 12.7. The van der Waals surface area contributed by atoms with E-state index >= 15 is 0 Å². The van der Waals surface area contributed by atoms with E-state index in [2.05, 4.69) is 17.4 Å². The highest BCUT2D eigenvalue weighted by molar-refractivity contribution is 5.39. The van der Waals surface area contributed by atoms with Crippen molar-refractivity contribution in [2.45, 2.75) is 44.3 Å². The van der Waals surface area contributed by atoms with Gasteiger partial charge in [0.25, 0.3) is 0 Å². The molecule has 3 nitrogen and oxygen atoms in total. The average Bonchev–Trinajstić information content (AvgIpc) is 2.93. The molecule has 4 heteroatoms. The number of aryl methyl sites for hydroxylation is 1. The number of alkyl halides is 1. The topological polar surface area (TPSA) is 30.5 Å². The van der Waals surface area contributed by atoms with Gasteiger partial charge in [-0.25, -0.2) is 4.39 Å². The van der Waals surface area contributed by atoms with Crippen molar-refractivity contribution in [3.63, 3.8) is 0 Å². The molecule has 1 saturated heterocycles. The summed E-state index contributed by atoms with van der Waals surface area (Å²) in [6.45, 7) is 4.66. The molecular weight excluding hydrogens is 269 g/mol. The fourth-order valence-corrected chi connectivity index (χ4v) is 3.17. The van der Waals surface area contributed by atoms with Gasteiger partial charge in [0.1, 0.15) is 11.4 Å². The third kappa shape index (κ3) is 3.95. The zero-order chi connectivity index (χ0) is 14.7. The molecule has 0 radical (unpaired) electrons. The molecule has 0 spiro atoms. The van der Waals surface area contributed by atoms with Crippen LogP contribution in [0.2, 0.25) is 0 Å². The van der Waals surface area contributed by atoms with Crippen molar-refractivity contribution in [1.82, 2.24) is 5.32 Å². The average molecular weight is 293 g/mol. The van der Waals surface area contributed by atoms with E-state index in [4.69, 9.17) is 9.47 Å². The summed E-state index contributed by atoms with van der Waals surface area (Å²) >= 11 is 0. The van der Waals surface area contributed by atoms with Gasteiger partial charge in [-0.1, -0.05) is 12.1 Å². The fourth-order valence-electron chi connectivity index (χ4n) is 3.17. The van der Waals surface area contributed by atoms with E-state index in [-0.39, 0.29) is 6.04 Å². The first-order valence-corrected chi connectivity index (χ1v) is 7.87. The molecule has 0 saturated carbocycles. The minimum atomic E-state index is -1.16. The monoisotopic (exact) mass is 293 g/mol. The Balaban J connectivity index is 1.53. The first kappa shape index (κ1) is 14.8. The standard InChI is InChI=1S/C17H24FNO2/c1-17(18,11-15-12-20-9-7-19-15)6-4-13-2-3-16-14(10-13)5-8-21-16/h2-3,10,15,19H,4-9,11-12H2,1H3. The molecule has 116 valence electrons. The van der Waals surface area contributed by atoms with Gasteiger partial charge in [-0.05, 0) is 43.4 Å². The Morgan fingerprint density at radius 1 is 1.38 bits per heavy atom. The molecule has 1 fully saturated rings. The normalized spacial score (nSPS) is 24.2. The van der Waals surface area contributed by atoms with E-state index in [0.29, 0.717) is 19.4 Å². The largest absolute Gasteiger partial charge is 0.493 e. The summed E-state index contributed by atoms with van der Waals surface area (Å²) in [7, 11) is 0. The van der Waals surface area contributed by atoms with Crippen LogP contribution in [0.4, 0.5) is 4.39 Å². The van der Waals surface area contributed by atoms with Crippen molar-refractivity contribution in [3.8, 4) is 5.75 Å². The summed E-state index contributed by atoms with van der Waals surface area (Å²) in [5.74, 6) is 0.991. The number of halogens is 1. The van der Waals surface area contributed by atoms with Gasteiger partial charge in [0, 0.05) is 19.0 Å².